The first kappa shape index (κ1) is 12.0. The number of rotatable bonds is 2. The van der Waals surface area contributed by atoms with Crippen molar-refractivity contribution in [1.82, 2.24) is 9.80 Å². The quantitative estimate of drug-likeness (QED) is 0.726. The molecule has 3 aliphatic rings. The SMILES string of the molecule is CC1CCN(CC2CC3CN(C)CC3C2)CC1. The van der Waals surface area contributed by atoms with Crippen LogP contribution in [0.15, 0.2) is 0 Å². The highest BCUT2D eigenvalue weighted by atomic mass is 15.1. The van der Waals surface area contributed by atoms with E-state index >= 15 is 0 Å². The Morgan fingerprint density at radius 2 is 1.59 bits per heavy atom. The zero-order chi connectivity index (χ0) is 11.8. The molecule has 1 saturated carbocycles. The highest BCUT2D eigenvalue weighted by Crippen LogP contribution is 2.41. The van der Waals surface area contributed by atoms with E-state index in [0.717, 1.165) is 23.7 Å². The number of fused-ring (bicyclic) bond motifs is 1. The summed E-state index contributed by atoms with van der Waals surface area (Å²) < 4.78 is 0. The lowest BCUT2D eigenvalue weighted by molar-refractivity contribution is 0.163. The van der Waals surface area contributed by atoms with Crippen LogP contribution in [0.1, 0.15) is 32.6 Å². The average molecular weight is 236 g/mol. The third kappa shape index (κ3) is 2.68. The molecule has 2 unspecified atom stereocenters. The van der Waals surface area contributed by atoms with Gasteiger partial charge in [0.2, 0.25) is 0 Å². The molecule has 3 fully saturated rings. The first-order chi connectivity index (χ1) is 8.20. The van der Waals surface area contributed by atoms with Crippen LogP contribution >= 0.6 is 0 Å². The molecule has 0 aromatic carbocycles. The van der Waals surface area contributed by atoms with Crippen molar-refractivity contribution in [2.24, 2.45) is 23.7 Å². The van der Waals surface area contributed by atoms with Gasteiger partial charge in [0.25, 0.3) is 0 Å². The molecule has 2 nitrogen and oxygen atoms in total. The number of nitrogens with zero attached hydrogens (tertiary/aromatic N) is 2. The standard InChI is InChI=1S/C15H28N2/c1-12-3-5-17(6-4-12)9-13-7-14-10-16(2)11-15(14)8-13/h12-15H,3-11H2,1-2H3. The molecule has 2 atom stereocenters. The number of piperidine rings is 1. The lowest BCUT2D eigenvalue weighted by Gasteiger charge is -2.32. The van der Waals surface area contributed by atoms with E-state index < -0.39 is 0 Å². The van der Waals surface area contributed by atoms with E-state index in [1.54, 1.807) is 0 Å². The minimum Gasteiger partial charge on any atom is -0.306 e. The molecule has 0 amide bonds. The van der Waals surface area contributed by atoms with Gasteiger partial charge in [0, 0.05) is 19.6 Å². The minimum absolute atomic E-state index is 0.975. The van der Waals surface area contributed by atoms with Crippen molar-refractivity contribution in [3.8, 4) is 0 Å². The Balaban J connectivity index is 1.45. The van der Waals surface area contributed by atoms with Crippen molar-refractivity contribution < 1.29 is 0 Å². The smallest absolute Gasteiger partial charge is 0.000996 e. The third-order valence-electron chi connectivity index (χ3n) is 5.42. The molecule has 0 radical (unpaired) electrons. The fraction of sp³-hybridized carbons (Fsp3) is 1.00. The van der Waals surface area contributed by atoms with Crippen LogP contribution in [0.5, 0.6) is 0 Å². The van der Waals surface area contributed by atoms with Gasteiger partial charge in [0.1, 0.15) is 0 Å². The topological polar surface area (TPSA) is 6.48 Å². The van der Waals surface area contributed by atoms with Gasteiger partial charge in [0.15, 0.2) is 0 Å². The molecular weight excluding hydrogens is 208 g/mol. The molecular formula is C15H28N2. The van der Waals surface area contributed by atoms with E-state index in [1.165, 1.54) is 58.4 Å². The Bertz CT molecular complexity index is 244. The molecule has 0 bridgehead atoms. The van der Waals surface area contributed by atoms with Crippen LogP contribution in [0, 0.1) is 23.7 Å². The van der Waals surface area contributed by atoms with Gasteiger partial charge in [-0.25, -0.2) is 0 Å². The van der Waals surface area contributed by atoms with Gasteiger partial charge in [-0.2, -0.15) is 0 Å². The van der Waals surface area contributed by atoms with Crippen molar-refractivity contribution in [3.05, 3.63) is 0 Å². The zero-order valence-electron chi connectivity index (χ0n) is 11.6. The highest BCUT2D eigenvalue weighted by molar-refractivity contribution is 4.92. The van der Waals surface area contributed by atoms with Crippen LogP contribution in [0.3, 0.4) is 0 Å². The molecule has 0 aromatic rings. The summed E-state index contributed by atoms with van der Waals surface area (Å²) in [6, 6.07) is 0. The van der Waals surface area contributed by atoms with Gasteiger partial charge in [-0.3, -0.25) is 0 Å². The summed E-state index contributed by atoms with van der Waals surface area (Å²) in [6.07, 6.45) is 5.90. The fourth-order valence-electron chi connectivity index (χ4n) is 4.42. The Labute approximate surface area is 106 Å². The molecule has 0 aromatic heterocycles. The number of hydrogen-bond acceptors (Lipinski definition) is 2. The first-order valence-corrected chi connectivity index (χ1v) is 7.61. The molecule has 0 spiro atoms. The van der Waals surface area contributed by atoms with E-state index in [9.17, 15) is 0 Å². The van der Waals surface area contributed by atoms with E-state index in [-0.39, 0.29) is 0 Å². The molecule has 0 N–H and O–H groups in total. The van der Waals surface area contributed by atoms with Crippen molar-refractivity contribution in [2.45, 2.75) is 32.6 Å². The second kappa shape index (κ2) is 4.89. The molecule has 2 saturated heterocycles. The minimum atomic E-state index is 0.975. The maximum absolute atomic E-state index is 2.75. The average Bonchev–Trinajstić information content (AvgIpc) is 2.78. The molecule has 17 heavy (non-hydrogen) atoms. The van der Waals surface area contributed by atoms with E-state index in [1.807, 2.05) is 0 Å². The lowest BCUT2D eigenvalue weighted by atomic mass is 9.97. The first-order valence-electron chi connectivity index (χ1n) is 7.61. The maximum atomic E-state index is 2.75. The Kier molecular flexibility index (Phi) is 3.45. The van der Waals surface area contributed by atoms with E-state index in [4.69, 9.17) is 0 Å². The van der Waals surface area contributed by atoms with Crippen molar-refractivity contribution in [1.29, 1.82) is 0 Å². The number of hydrogen-bond donors (Lipinski definition) is 0. The summed E-state index contributed by atoms with van der Waals surface area (Å²) in [5.74, 6) is 4.07. The van der Waals surface area contributed by atoms with Crippen molar-refractivity contribution >= 4 is 0 Å². The molecule has 2 aliphatic heterocycles. The van der Waals surface area contributed by atoms with Crippen LogP contribution in [0.25, 0.3) is 0 Å². The van der Waals surface area contributed by atoms with Crippen LogP contribution in [-0.4, -0.2) is 49.6 Å². The van der Waals surface area contributed by atoms with Gasteiger partial charge in [-0.15, -0.1) is 0 Å². The van der Waals surface area contributed by atoms with Gasteiger partial charge < -0.3 is 9.80 Å². The van der Waals surface area contributed by atoms with E-state index in [2.05, 4.69) is 23.8 Å². The van der Waals surface area contributed by atoms with Gasteiger partial charge in [0.05, 0.1) is 0 Å². The summed E-state index contributed by atoms with van der Waals surface area (Å²) in [5.41, 5.74) is 0. The molecule has 1 aliphatic carbocycles. The van der Waals surface area contributed by atoms with Gasteiger partial charge in [-0.1, -0.05) is 6.92 Å². The summed E-state index contributed by atoms with van der Waals surface area (Å²) in [7, 11) is 2.29. The van der Waals surface area contributed by atoms with Gasteiger partial charge >= 0.3 is 0 Å². The predicted octanol–water partition coefficient (Wildman–Crippen LogP) is 2.31. The fourth-order valence-corrected chi connectivity index (χ4v) is 4.42. The predicted molar refractivity (Wildman–Crippen MR) is 72.0 cm³/mol. The number of likely N-dealkylation sites (tertiary alicyclic amines) is 2. The summed E-state index contributed by atoms with van der Waals surface area (Å²) in [6.45, 7) is 9.30. The zero-order valence-corrected chi connectivity index (χ0v) is 11.6. The van der Waals surface area contributed by atoms with Crippen LogP contribution in [-0.2, 0) is 0 Å². The molecule has 2 heteroatoms. The summed E-state index contributed by atoms with van der Waals surface area (Å²) >= 11 is 0. The largest absolute Gasteiger partial charge is 0.306 e. The second-order valence-corrected chi connectivity index (χ2v) is 7.06. The summed E-state index contributed by atoms with van der Waals surface area (Å²) in [5, 5.41) is 0. The molecule has 3 rings (SSSR count). The Hall–Kier alpha value is -0.0800. The Morgan fingerprint density at radius 3 is 2.18 bits per heavy atom. The monoisotopic (exact) mass is 236 g/mol. The van der Waals surface area contributed by atoms with E-state index in [0.29, 0.717) is 0 Å². The van der Waals surface area contributed by atoms with Gasteiger partial charge in [-0.05, 0) is 69.5 Å². The second-order valence-electron chi connectivity index (χ2n) is 7.06. The van der Waals surface area contributed by atoms with Crippen LogP contribution in [0.4, 0.5) is 0 Å². The third-order valence-corrected chi connectivity index (χ3v) is 5.42. The van der Waals surface area contributed by atoms with Crippen LogP contribution < -0.4 is 0 Å². The summed E-state index contributed by atoms with van der Waals surface area (Å²) in [4.78, 5) is 5.28. The Morgan fingerprint density at radius 1 is 1.00 bits per heavy atom. The highest BCUT2D eigenvalue weighted by Gasteiger charge is 2.39. The van der Waals surface area contributed by atoms with Crippen molar-refractivity contribution in [3.63, 3.8) is 0 Å². The lowest BCUT2D eigenvalue weighted by Crippen LogP contribution is -2.36. The molecule has 2 heterocycles. The van der Waals surface area contributed by atoms with Crippen LogP contribution in [0.2, 0.25) is 0 Å². The van der Waals surface area contributed by atoms with Crippen molar-refractivity contribution in [2.75, 3.05) is 39.8 Å². The normalized spacial score (nSPS) is 40.9. The maximum Gasteiger partial charge on any atom is 0.000996 e. The molecule has 98 valence electrons.